The maximum Gasteiger partial charge on any atom is 0.186 e. The molecule has 0 saturated carbocycles. The molecule has 30 heavy (non-hydrogen) atoms. The largest absolute Gasteiger partial charge is 0.289 e. The third-order valence-electron chi connectivity index (χ3n) is 5.67. The Morgan fingerprint density at radius 3 is 1.53 bits per heavy atom. The van der Waals surface area contributed by atoms with E-state index >= 15 is 0 Å². The zero-order chi connectivity index (χ0) is 21.7. The molecule has 0 unspecified atom stereocenters. The summed E-state index contributed by atoms with van der Waals surface area (Å²) in [5.74, 6) is 0.136. The number of allylic oxidation sites excluding steroid dienone is 4. The predicted molar refractivity (Wildman–Crippen MR) is 129 cm³/mol. The molecular formula is C28H29NO. The second-order valence-electron chi connectivity index (χ2n) is 10.1. The molecule has 2 heteroatoms. The molecule has 0 radical (unpaired) electrons. The Morgan fingerprint density at radius 2 is 1.10 bits per heavy atom. The lowest BCUT2D eigenvalue weighted by Crippen LogP contribution is -2.29. The first-order valence-corrected chi connectivity index (χ1v) is 10.5. The fourth-order valence-corrected chi connectivity index (χ4v) is 4.03. The van der Waals surface area contributed by atoms with Crippen molar-refractivity contribution < 1.29 is 4.79 Å². The average molecular weight is 396 g/mol. The molecule has 0 atom stereocenters. The molecule has 0 amide bonds. The molecule has 0 spiro atoms. The normalized spacial score (nSPS) is 15.4. The molecule has 0 saturated heterocycles. The third kappa shape index (κ3) is 3.63. The first kappa shape index (κ1) is 20.3. The maximum absolute atomic E-state index is 13.3. The Labute approximate surface area is 179 Å². The van der Waals surface area contributed by atoms with Gasteiger partial charge in [0.05, 0.1) is 11.4 Å². The minimum absolute atomic E-state index is 0.136. The van der Waals surface area contributed by atoms with Gasteiger partial charge in [-0.2, -0.15) is 0 Å². The molecule has 3 aromatic rings. The molecule has 4 rings (SSSR count). The summed E-state index contributed by atoms with van der Waals surface area (Å²) in [6, 6.07) is 18.9. The zero-order valence-electron chi connectivity index (χ0n) is 18.7. The number of ketones is 1. The molecule has 0 bridgehead atoms. The lowest BCUT2D eigenvalue weighted by atomic mass is 9.72. The van der Waals surface area contributed by atoms with E-state index in [4.69, 9.17) is 4.99 Å². The van der Waals surface area contributed by atoms with Crippen LogP contribution in [0.15, 0.2) is 82.9 Å². The molecular weight excluding hydrogens is 366 g/mol. The molecule has 0 aliphatic heterocycles. The number of Topliss-reactive ketones (excluding diaryl/α,β-unsaturated/α-hetero) is 1. The maximum atomic E-state index is 13.3. The van der Waals surface area contributed by atoms with E-state index in [0.717, 1.165) is 33.3 Å². The van der Waals surface area contributed by atoms with Gasteiger partial charge < -0.3 is 0 Å². The van der Waals surface area contributed by atoms with Crippen molar-refractivity contribution in [1.29, 1.82) is 0 Å². The van der Waals surface area contributed by atoms with Crippen molar-refractivity contribution in [2.75, 3.05) is 0 Å². The second kappa shape index (κ2) is 7.05. The Hall–Kier alpha value is -3.00. The first-order valence-electron chi connectivity index (χ1n) is 10.5. The van der Waals surface area contributed by atoms with E-state index in [1.165, 1.54) is 10.8 Å². The van der Waals surface area contributed by atoms with Gasteiger partial charge in [-0.05, 0) is 39.8 Å². The number of carbonyl (C=O) groups excluding carboxylic acids is 1. The van der Waals surface area contributed by atoms with Gasteiger partial charge in [0.1, 0.15) is 0 Å². The van der Waals surface area contributed by atoms with Crippen molar-refractivity contribution in [3.63, 3.8) is 0 Å². The van der Waals surface area contributed by atoms with Crippen LogP contribution in [0.5, 0.6) is 0 Å². The average Bonchev–Trinajstić information content (AvgIpc) is 2.67. The number of hydrogen-bond acceptors (Lipinski definition) is 2. The molecule has 0 heterocycles. The molecule has 0 N–H and O–H groups in total. The van der Waals surface area contributed by atoms with Gasteiger partial charge in [0.25, 0.3) is 0 Å². The van der Waals surface area contributed by atoms with Crippen LogP contribution in [0.2, 0.25) is 0 Å². The summed E-state index contributed by atoms with van der Waals surface area (Å²) in [5.41, 5.74) is 2.94. The van der Waals surface area contributed by atoms with Crippen LogP contribution >= 0.6 is 0 Å². The van der Waals surface area contributed by atoms with Crippen LogP contribution in [0, 0.1) is 10.8 Å². The minimum atomic E-state index is -0.247. The highest BCUT2D eigenvalue weighted by molar-refractivity contribution is 6.24. The van der Waals surface area contributed by atoms with Crippen LogP contribution in [0.4, 0.5) is 5.69 Å². The number of aliphatic imine (C=N–C) groups is 1. The first-order chi connectivity index (χ1) is 14.1. The highest BCUT2D eigenvalue weighted by Crippen LogP contribution is 2.39. The van der Waals surface area contributed by atoms with E-state index in [-0.39, 0.29) is 16.6 Å². The van der Waals surface area contributed by atoms with Crippen molar-refractivity contribution in [3.8, 4) is 0 Å². The SMILES string of the molecule is CC(C)(C)C1=CC(=Nc2c3ccccc3cc3ccccc23)C=C(C(C)(C)C)C1=O. The van der Waals surface area contributed by atoms with Crippen molar-refractivity contribution in [2.45, 2.75) is 41.5 Å². The van der Waals surface area contributed by atoms with Gasteiger partial charge in [-0.25, -0.2) is 4.99 Å². The van der Waals surface area contributed by atoms with Crippen LogP contribution in [0.25, 0.3) is 21.5 Å². The number of benzene rings is 3. The van der Waals surface area contributed by atoms with Gasteiger partial charge >= 0.3 is 0 Å². The van der Waals surface area contributed by atoms with E-state index in [1.54, 1.807) is 0 Å². The van der Waals surface area contributed by atoms with E-state index in [2.05, 4.69) is 96.1 Å². The summed E-state index contributed by atoms with van der Waals surface area (Å²) in [5, 5.41) is 4.58. The summed E-state index contributed by atoms with van der Waals surface area (Å²) >= 11 is 0. The smallest absolute Gasteiger partial charge is 0.186 e. The van der Waals surface area contributed by atoms with E-state index < -0.39 is 0 Å². The lowest BCUT2D eigenvalue weighted by molar-refractivity contribution is -0.114. The Kier molecular flexibility index (Phi) is 4.77. The minimum Gasteiger partial charge on any atom is -0.289 e. The van der Waals surface area contributed by atoms with Crippen LogP contribution in [-0.4, -0.2) is 11.5 Å². The fraction of sp³-hybridized carbons (Fsp3) is 0.286. The van der Waals surface area contributed by atoms with E-state index in [9.17, 15) is 4.79 Å². The fourth-order valence-electron chi connectivity index (χ4n) is 4.03. The van der Waals surface area contributed by atoms with E-state index in [0.29, 0.717) is 0 Å². The third-order valence-corrected chi connectivity index (χ3v) is 5.67. The number of hydrogen-bond donors (Lipinski definition) is 0. The van der Waals surface area contributed by atoms with Crippen LogP contribution < -0.4 is 0 Å². The zero-order valence-corrected chi connectivity index (χ0v) is 18.7. The Morgan fingerprint density at radius 1 is 0.667 bits per heavy atom. The Balaban J connectivity index is 2.04. The van der Waals surface area contributed by atoms with Gasteiger partial charge in [0.2, 0.25) is 0 Å². The lowest BCUT2D eigenvalue weighted by Gasteiger charge is -2.31. The van der Waals surface area contributed by atoms with E-state index in [1.807, 2.05) is 12.2 Å². The summed E-state index contributed by atoms with van der Waals surface area (Å²) in [4.78, 5) is 18.4. The second-order valence-corrected chi connectivity index (χ2v) is 10.1. The van der Waals surface area contributed by atoms with Crippen LogP contribution in [0.3, 0.4) is 0 Å². The Bertz CT molecular complexity index is 1170. The van der Waals surface area contributed by atoms with Crippen molar-refractivity contribution in [2.24, 2.45) is 15.8 Å². The summed E-state index contributed by atoms with van der Waals surface area (Å²) in [6.45, 7) is 12.5. The molecule has 1 aliphatic carbocycles. The van der Waals surface area contributed by atoms with Crippen molar-refractivity contribution >= 4 is 38.7 Å². The number of rotatable bonds is 1. The summed E-state index contributed by atoms with van der Waals surface area (Å²) < 4.78 is 0. The molecule has 3 aromatic carbocycles. The van der Waals surface area contributed by atoms with Gasteiger partial charge in [0, 0.05) is 21.9 Å². The monoisotopic (exact) mass is 395 g/mol. The van der Waals surface area contributed by atoms with Gasteiger partial charge in [-0.3, -0.25) is 4.79 Å². The molecule has 152 valence electrons. The number of nitrogens with zero attached hydrogens (tertiary/aromatic N) is 1. The van der Waals surface area contributed by atoms with Gasteiger partial charge in [-0.1, -0.05) is 90.1 Å². The molecule has 1 aliphatic rings. The van der Waals surface area contributed by atoms with Crippen molar-refractivity contribution in [1.82, 2.24) is 0 Å². The molecule has 0 fully saturated rings. The topological polar surface area (TPSA) is 29.4 Å². The predicted octanol–water partition coefficient (Wildman–Crippen LogP) is 7.59. The summed E-state index contributed by atoms with van der Waals surface area (Å²) in [6.07, 6.45) is 3.96. The number of carbonyl (C=O) groups is 1. The quantitative estimate of drug-likeness (QED) is 0.308. The molecule has 2 nitrogen and oxygen atoms in total. The van der Waals surface area contributed by atoms with Gasteiger partial charge in [-0.15, -0.1) is 0 Å². The molecule has 0 aromatic heterocycles. The standard InChI is InChI=1S/C28H29NO/c1-27(2,3)23-16-20(17-24(26(23)30)28(4,5)6)29-25-21-13-9-7-11-18(21)15-19-12-8-10-14-22(19)25/h7-17H,1-6H3. The highest BCUT2D eigenvalue weighted by Gasteiger charge is 2.34. The number of fused-ring (bicyclic) bond motifs is 2. The van der Waals surface area contributed by atoms with Crippen LogP contribution in [0.1, 0.15) is 41.5 Å². The highest BCUT2D eigenvalue weighted by atomic mass is 16.1. The van der Waals surface area contributed by atoms with Crippen molar-refractivity contribution in [3.05, 3.63) is 77.9 Å². The van der Waals surface area contributed by atoms with Gasteiger partial charge in [0.15, 0.2) is 5.78 Å². The summed E-state index contributed by atoms with van der Waals surface area (Å²) in [7, 11) is 0. The van der Waals surface area contributed by atoms with Crippen LogP contribution in [-0.2, 0) is 4.79 Å².